The van der Waals surface area contributed by atoms with Crippen molar-refractivity contribution in [3.63, 3.8) is 0 Å². The van der Waals surface area contributed by atoms with Gasteiger partial charge in [0.2, 0.25) is 0 Å². The number of benzene rings is 1. The molecule has 2 nitrogen and oxygen atoms in total. The number of aryl methyl sites for hydroxylation is 1. The van der Waals surface area contributed by atoms with Crippen LogP contribution in [0.1, 0.15) is 11.1 Å². The molecule has 0 atom stereocenters. The largest absolute Gasteiger partial charge is 0.496 e. The lowest BCUT2D eigenvalue weighted by atomic mass is 10.1. The van der Waals surface area contributed by atoms with Crippen molar-refractivity contribution in [1.82, 2.24) is 5.32 Å². The van der Waals surface area contributed by atoms with Gasteiger partial charge in [0.15, 0.2) is 0 Å². The highest BCUT2D eigenvalue weighted by atomic mass is 35.5. The summed E-state index contributed by atoms with van der Waals surface area (Å²) in [6.07, 6.45) is 0. The minimum absolute atomic E-state index is 0.767. The van der Waals surface area contributed by atoms with Gasteiger partial charge in [-0.2, -0.15) is 0 Å². The molecular weight excluding hydrogens is 186 g/mol. The van der Waals surface area contributed by atoms with E-state index in [2.05, 4.69) is 5.32 Å². The molecule has 0 bridgehead atoms. The maximum absolute atomic E-state index is 6.00. The van der Waals surface area contributed by atoms with Gasteiger partial charge in [0.05, 0.1) is 7.11 Å². The molecule has 0 amide bonds. The number of nitrogens with one attached hydrogen (secondary N) is 1. The third-order valence-electron chi connectivity index (χ3n) is 1.93. The zero-order chi connectivity index (χ0) is 9.84. The average Bonchev–Trinajstić information content (AvgIpc) is 2.11. The summed E-state index contributed by atoms with van der Waals surface area (Å²) in [6.45, 7) is 2.73. The summed E-state index contributed by atoms with van der Waals surface area (Å²) in [5.74, 6) is 0.885. The van der Waals surface area contributed by atoms with Crippen LogP contribution in [-0.4, -0.2) is 14.2 Å². The van der Waals surface area contributed by atoms with Crippen LogP contribution in [0.4, 0.5) is 0 Å². The maximum Gasteiger partial charge on any atom is 0.123 e. The highest BCUT2D eigenvalue weighted by Crippen LogP contribution is 2.26. The molecule has 1 rings (SSSR count). The summed E-state index contributed by atoms with van der Waals surface area (Å²) < 4.78 is 5.24. The number of ether oxygens (including phenoxy) is 1. The minimum atomic E-state index is 0.767. The van der Waals surface area contributed by atoms with Crippen molar-refractivity contribution in [3.8, 4) is 5.75 Å². The van der Waals surface area contributed by atoms with Gasteiger partial charge in [0.25, 0.3) is 0 Å². The monoisotopic (exact) mass is 199 g/mol. The first-order chi connectivity index (χ1) is 6.19. The second kappa shape index (κ2) is 4.49. The van der Waals surface area contributed by atoms with Gasteiger partial charge in [-0.1, -0.05) is 11.6 Å². The predicted molar refractivity (Wildman–Crippen MR) is 55.5 cm³/mol. The first kappa shape index (κ1) is 10.4. The molecule has 0 aliphatic carbocycles. The Balaban J connectivity index is 3.09. The Hall–Kier alpha value is -0.730. The minimum Gasteiger partial charge on any atom is -0.496 e. The third kappa shape index (κ3) is 2.36. The lowest BCUT2D eigenvalue weighted by Crippen LogP contribution is -2.06. The van der Waals surface area contributed by atoms with Crippen molar-refractivity contribution in [2.45, 2.75) is 13.5 Å². The van der Waals surface area contributed by atoms with Crippen molar-refractivity contribution >= 4 is 11.6 Å². The molecule has 0 fully saturated rings. The molecule has 0 saturated carbocycles. The fourth-order valence-electron chi connectivity index (χ4n) is 1.21. The van der Waals surface area contributed by atoms with Gasteiger partial charge in [-0.15, -0.1) is 0 Å². The number of methoxy groups -OCH3 is 1. The molecule has 0 radical (unpaired) electrons. The summed E-state index contributed by atoms with van der Waals surface area (Å²) in [7, 11) is 3.56. The third-order valence-corrected chi connectivity index (χ3v) is 2.34. The second-order valence-corrected chi connectivity index (χ2v) is 3.35. The van der Waals surface area contributed by atoms with E-state index in [0.717, 1.165) is 28.4 Å². The van der Waals surface area contributed by atoms with E-state index < -0.39 is 0 Å². The Bertz CT molecular complexity index is 299. The molecule has 1 N–H and O–H groups in total. The van der Waals surface area contributed by atoms with Crippen molar-refractivity contribution in [3.05, 3.63) is 28.3 Å². The Morgan fingerprint density at radius 2 is 2.15 bits per heavy atom. The zero-order valence-electron chi connectivity index (χ0n) is 8.15. The lowest BCUT2D eigenvalue weighted by Gasteiger charge is -2.10. The predicted octanol–water partition coefficient (Wildman–Crippen LogP) is 2.38. The average molecular weight is 200 g/mol. The smallest absolute Gasteiger partial charge is 0.123 e. The summed E-state index contributed by atoms with van der Waals surface area (Å²) in [6, 6.07) is 3.89. The van der Waals surface area contributed by atoms with Crippen LogP contribution in [0.3, 0.4) is 0 Å². The highest BCUT2D eigenvalue weighted by molar-refractivity contribution is 6.31. The van der Waals surface area contributed by atoms with Crippen molar-refractivity contribution in [1.29, 1.82) is 0 Å². The van der Waals surface area contributed by atoms with E-state index in [1.165, 1.54) is 0 Å². The molecule has 0 heterocycles. The molecule has 13 heavy (non-hydrogen) atoms. The Morgan fingerprint density at radius 3 is 2.69 bits per heavy atom. The van der Waals surface area contributed by atoms with Gasteiger partial charge < -0.3 is 10.1 Å². The van der Waals surface area contributed by atoms with Gasteiger partial charge in [0.1, 0.15) is 5.75 Å². The van der Waals surface area contributed by atoms with Crippen LogP contribution in [0.2, 0.25) is 5.02 Å². The quantitative estimate of drug-likeness (QED) is 0.807. The number of rotatable bonds is 3. The first-order valence-corrected chi connectivity index (χ1v) is 4.54. The standard InChI is InChI=1S/C10H14ClNO/c1-7-4-10(13-3)8(6-12-2)5-9(7)11/h4-5,12H,6H2,1-3H3. The van der Waals surface area contributed by atoms with E-state index in [1.807, 2.05) is 26.1 Å². The van der Waals surface area contributed by atoms with Crippen molar-refractivity contribution in [2.75, 3.05) is 14.2 Å². The number of hydrogen-bond donors (Lipinski definition) is 1. The van der Waals surface area contributed by atoms with Crippen LogP contribution in [-0.2, 0) is 6.54 Å². The number of hydrogen-bond acceptors (Lipinski definition) is 2. The Kier molecular flexibility index (Phi) is 3.58. The molecule has 0 aromatic heterocycles. The van der Waals surface area contributed by atoms with Crippen molar-refractivity contribution in [2.24, 2.45) is 0 Å². The maximum atomic E-state index is 6.00. The lowest BCUT2D eigenvalue weighted by molar-refractivity contribution is 0.408. The molecule has 72 valence electrons. The second-order valence-electron chi connectivity index (χ2n) is 2.94. The van der Waals surface area contributed by atoms with Gasteiger partial charge >= 0.3 is 0 Å². The van der Waals surface area contributed by atoms with E-state index in [1.54, 1.807) is 7.11 Å². The Labute approximate surface area is 83.9 Å². The van der Waals surface area contributed by atoms with E-state index in [-0.39, 0.29) is 0 Å². The zero-order valence-corrected chi connectivity index (χ0v) is 8.90. The molecule has 0 spiro atoms. The Morgan fingerprint density at radius 1 is 1.46 bits per heavy atom. The van der Waals surface area contributed by atoms with E-state index in [9.17, 15) is 0 Å². The normalized spacial score (nSPS) is 10.2. The van der Waals surface area contributed by atoms with Gasteiger partial charge in [-0.05, 0) is 31.7 Å². The molecular formula is C10H14ClNO. The van der Waals surface area contributed by atoms with Gasteiger partial charge in [0, 0.05) is 17.1 Å². The fourth-order valence-corrected chi connectivity index (χ4v) is 1.40. The van der Waals surface area contributed by atoms with Crippen LogP contribution in [0.5, 0.6) is 5.75 Å². The van der Waals surface area contributed by atoms with E-state index in [4.69, 9.17) is 16.3 Å². The first-order valence-electron chi connectivity index (χ1n) is 4.16. The summed E-state index contributed by atoms with van der Waals surface area (Å²) in [5.41, 5.74) is 2.12. The summed E-state index contributed by atoms with van der Waals surface area (Å²) in [5, 5.41) is 3.85. The molecule has 1 aromatic rings. The summed E-state index contributed by atoms with van der Waals surface area (Å²) in [4.78, 5) is 0. The molecule has 0 aliphatic rings. The fraction of sp³-hybridized carbons (Fsp3) is 0.400. The van der Waals surface area contributed by atoms with Gasteiger partial charge in [-0.3, -0.25) is 0 Å². The molecule has 0 unspecified atom stereocenters. The van der Waals surface area contributed by atoms with Crippen LogP contribution in [0.25, 0.3) is 0 Å². The number of halogens is 1. The molecule has 3 heteroatoms. The molecule has 1 aromatic carbocycles. The van der Waals surface area contributed by atoms with Crippen LogP contribution < -0.4 is 10.1 Å². The summed E-state index contributed by atoms with van der Waals surface area (Å²) >= 11 is 6.00. The van der Waals surface area contributed by atoms with Crippen LogP contribution in [0.15, 0.2) is 12.1 Å². The SMILES string of the molecule is CNCc1cc(Cl)c(C)cc1OC. The van der Waals surface area contributed by atoms with E-state index in [0.29, 0.717) is 0 Å². The molecule has 0 aliphatic heterocycles. The van der Waals surface area contributed by atoms with E-state index >= 15 is 0 Å². The molecule has 0 saturated heterocycles. The van der Waals surface area contributed by atoms with Gasteiger partial charge in [-0.25, -0.2) is 0 Å². The van der Waals surface area contributed by atoms with Crippen molar-refractivity contribution < 1.29 is 4.74 Å². The van der Waals surface area contributed by atoms with Crippen LogP contribution in [0, 0.1) is 6.92 Å². The topological polar surface area (TPSA) is 21.3 Å². The highest BCUT2D eigenvalue weighted by Gasteiger charge is 2.05. The van der Waals surface area contributed by atoms with Crippen LogP contribution >= 0.6 is 11.6 Å².